The Hall–Kier alpha value is -2.69. The standard InChI is InChI=1S/C19H22N4O/c1-13(2)8-14-9-16-17(21-10-14)19(3,4)12-23(16)18(24)22-15-6-5-7-20-11-15/h5-11H,12H2,1-4H3,(H,22,24). The van der Waals surface area contributed by atoms with Crippen molar-refractivity contribution >= 4 is 23.5 Å². The number of carbonyl (C=O) groups excluding carboxylic acids is 1. The molecule has 0 aliphatic carbocycles. The Kier molecular flexibility index (Phi) is 4.09. The zero-order valence-electron chi connectivity index (χ0n) is 14.5. The molecule has 3 heterocycles. The highest BCUT2D eigenvalue weighted by molar-refractivity contribution is 6.03. The van der Waals surface area contributed by atoms with Gasteiger partial charge in [0.2, 0.25) is 0 Å². The van der Waals surface area contributed by atoms with Crippen LogP contribution in [0.1, 0.15) is 39.0 Å². The maximum absolute atomic E-state index is 12.7. The van der Waals surface area contributed by atoms with Gasteiger partial charge in [-0.05, 0) is 37.6 Å². The van der Waals surface area contributed by atoms with Crippen LogP contribution >= 0.6 is 0 Å². The predicted molar refractivity (Wildman–Crippen MR) is 97.2 cm³/mol. The number of urea groups is 1. The lowest BCUT2D eigenvalue weighted by molar-refractivity contribution is 0.256. The van der Waals surface area contributed by atoms with Crippen LogP contribution in [-0.2, 0) is 5.41 Å². The summed E-state index contributed by atoms with van der Waals surface area (Å²) in [5, 5.41) is 2.90. The predicted octanol–water partition coefficient (Wildman–Crippen LogP) is 4.23. The molecular weight excluding hydrogens is 300 g/mol. The molecule has 2 aromatic rings. The lowest BCUT2D eigenvalue weighted by atomic mass is 9.91. The molecule has 0 radical (unpaired) electrons. The number of carbonyl (C=O) groups is 1. The average Bonchev–Trinajstić information content (AvgIpc) is 2.79. The normalized spacial score (nSPS) is 14.9. The van der Waals surface area contributed by atoms with Crippen molar-refractivity contribution < 1.29 is 4.79 Å². The molecule has 5 heteroatoms. The highest BCUT2D eigenvalue weighted by Gasteiger charge is 2.39. The maximum atomic E-state index is 12.7. The van der Waals surface area contributed by atoms with E-state index in [0.717, 1.165) is 16.9 Å². The molecule has 0 spiro atoms. The first-order chi connectivity index (χ1) is 11.4. The topological polar surface area (TPSA) is 58.1 Å². The molecule has 0 saturated heterocycles. The molecule has 5 nitrogen and oxygen atoms in total. The molecule has 1 N–H and O–H groups in total. The summed E-state index contributed by atoms with van der Waals surface area (Å²) < 4.78 is 0. The summed E-state index contributed by atoms with van der Waals surface area (Å²) in [6.07, 6.45) is 7.25. The molecule has 3 rings (SSSR count). The summed E-state index contributed by atoms with van der Waals surface area (Å²) in [5.74, 6) is 0. The van der Waals surface area contributed by atoms with Crippen LogP contribution in [0.2, 0.25) is 0 Å². The molecule has 1 aliphatic rings. The second-order valence-electron chi connectivity index (χ2n) is 7.00. The first kappa shape index (κ1) is 16.2. The SMILES string of the molecule is CC(C)=Cc1cnc2c(c1)N(C(=O)Nc1cccnc1)CC2(C)C. The first-order valence-electron chi connectivity index (χ1n) is 8.01. The summed E-state index contributed by atoms with van der Waals surface area (Å²) >= 11 is 0. The Labute approximate surface area is 142 Å². The van der Waals surface area contributed by atoms with Gasteiger partial charge in [0.25, 0.3) is 0 Å². The lowest BCUT2D eigenvalue weighted by Crippen LogP contribution is -2.37. The number of allylic oxidation sites excluding steroid dienone is 1. The molecule has 0 fully saturated rings. The van der Waals surface area contributed by atoms with Gasteiger partial charge in [-0.25, -0.2) is 4.79 Å². The molecule has 0 unspecified atom stereocenters. The molecule has 24 heavy (non-hydrogen) atoms. The van der Waals surface area contributed by atoms with Gasteiger partial charge in [0, 0.05) is 24.4 Å². The minimum Gasteiger partial charge on any atom is -0.306 e. The van der Waals surface area contributed by atoms with E-state index in [2.05, 4.69) is 35.2 Å². The van der Waals surface area contributed by atoms with Crippen LogP contribution in [0.3, 0.4) is 0 Å². The first-order valence-corrected chi connectivity index (χ1v) is 8.01. The number of fused-ring (bicyclic) bond motifs is 1. The third-order valence-corrected chi connectivity index (χ3v) is 3.99. The van der Waals surface area contributed by atoms with E-state index in [9.17, 15) is 4.79 Å². The third kappa shape index (κ3) is 3.15. The van der Waals surface area contributed by atoms with Crippen LogP contribution in [0.5, 0.6) is 0 Å². The Morgan fingerprint density at radius 3 is 2.79 bits per heavy atom. The highest BCUT2D eigenvalue weighted by Crippen LogP contribution is 2.39. The number of aromatic nitrogens is 2. The van der Waals surface area contributed by atoms with Crippen LogP contribution in [-0.4, -0.2) is 22.5 Å². The van der Waals surface area contributed by atoms with Gasteiger partial charge in [-0.2, -0.15) is 0 Å². The van der Waals surface area contributed by atoms with Crippen molar-refractivity contribution in [2.75, 3.05) is 16.8 Å². The molecule has 0 aromatic carbocycles. The van der Waals surface area contributed by atoms with Gasteiger partial charge in [-0.1, -0.05) is 25.5 Å². The minimum atomic E-state index is -0.175. The van der Waals surface area contributed by atoms with Crippen molar-refractivity contribution in [1.82, 2.24) is 9.97 Å². The van der Waals surface area contributed by atoms with Gasteiger partial charge in [0.15, 0.2) is 0 Å². The number of hydrogen-bond donors (Lipinski definition) is 1. The Bertz CT molecular complexity index is 792. The van der Waals surface area contributed by atoms with Crippen molar-refractivity contribution in [1.29, 1.82) is 0 Å². The van der Waals surface area contributed by atoms with E-state index in [-0.39, 0.29) is 11.4 Å². The second-order valence-corrected chi connectivity index (χ2v) is 7.00. The monoisotopic (exact) mass is 322 g/mol. The summed E-state index contributed by atoms with van der Waals surface area (Å²) in [5.41, 5.74) is 4.53. The zero-order valence-corrected chi connectivity index (χ0v) is 14.5. The number of anilines is 2. The van der Waals surface area contributed by atoms with Gasteiger partial charge in [0.05, 0.1) is 23.3 Å². The van der Waals surface area contributed by atoms with Crippen LogP contribution in [0.4, 0.5) is 16.2 Å². The number of pyridine rings is 2. The lowest BCUT2D eigenvalue weighted by Gasteiger charge is -2.20. The molecule has 0 atom stereocenters. The zero-order chi connectivity index (χ0) is 17.3. The average molecular weight is 322 g/mol. The molecule has 0 bridgehead atoms. The molecule has 2 amide bonds. The number of hydrogen-bond acceptors (Lipinski definition) is 3. The number of nitrogens with one attached hydrogen (secondary N) is 1. The third-order valence-electron chi connectivity index (χ3n) is 3.99. The summed E-state index contributed by atoms with van der Waals surface area (Å²) in [4.78, 5) is 23.2. The summed E-state index contributed by atoms with van der Waals surface area (Å²) in [6.45, 7) is 8.90. The number of nitrogens with zero attached hydrogens (tertiary/aromatic N) is 3. The Morgan fingerprint density at radius 1 is 1.33 bits per heavy atom. The van der Waals surface area contributed by atoms with Crippen molar-refractivity contribution in [3.05, 3.63) is 53.6 Å². The van der Waals surface area contributed by atoms with Crippen molar-refractivity contribution in [3.8, 4) is 0 Å². The largest absolute Gasteiger partial charge is 0.326 e. The van der Waals surface area contributed by atoms with E-state index >= 15 is 0 Å². The van der Waals surface area contributed by atoms with Gasteiger partial charge in [-0.15, -0.1) is 0 Å². The van der Waals surface area contributed by atoms with E-state index in [1.165, 1.54) is 5.57 Å². The summed E-state index contributed by atoms with van der Waals surface area (Å²) in [7, 11) is 0. The number of rotatable bonds is 2. The smallest absolute Gasteiger partial charge is 0.306 e. The van der Waals surface area contributed by atoms with Crippen LogP contribution < -0.4 is 10.2 Å². The molecule has 2 aromatic heterocycles. The minimum absolute atomic E-state index is 0.161. The van der Waals surface area contributed by atoms with Gasteiger partial charge < -0.3 is 5.32 Å². The van der Waals surface area contributed by atoms with E-state index in [1.54, 1.807) is 23.4 Å². The summed E-state index contributed by atoms with van der Waals surface area (Å²) in [6, 6.07) is 5.50. The van der Waals surface area contributed by atoms with Crippen molar-refractivity contribution in [2.24, 2.45) is 0 Å². The fraction of sp³-hybridized carbons (Fsp3) is 0.316. The van der Waals surface area contributed by atoms with E-state index in [0.29, 0.717) is 12.2 Å². The van der Waals surface area contributed by atoms with Crippen molar-refractivity contribution in [2.45, 2.75) is 33.1 Å². The number of amides is 2. The molecule has 1 aliphatic heterocycles. The van der Waals surface area contributed by atoms with Gasteiger partial charge in [0.1, 0.15) is 0 Å². The van der Waals surface area contributed by atoms with Crippen LogP contribution in [0.25, 0.3) is 6.08 Å². The second kappa shape index (κ2) is 6.07. The quantitative estimate of drug-likeness (QED) is 0.900. The Morgan fingerprint density at radius 2 is 2.12 bits per heavy atom. The highest BCUT2D eigenvalue weighted by atomic mass is 16.2. The van der Waals surface area contributed by atoms with E-state index in [1.807, 2.05) is 32.2 Å². The van der Waals surface area contributed by atoms with Crippen LogP contribution in [0.15, 0.2) is 42.4 Å². The van der Waals surface area contributed by atoms with Gasteiger partial charge >= 0.3 is 6.03 Å². The van der Waals surface area contributed by atoms with Gasteiger partial charge in [-0.3, -0.25) is 14.9 Å². The fourth-order valence-corrected chi connectivity index (χ4v) is 2.97. The fourth-order valence-electron chi connectivity index (χ4n) is 2.97. The molecule has 124 valence electrons. The van der Waals surface area contributed by atoms with Crippen molar-refractivity contribution in [3.63, 3.8) is 0 Å². The molecule has 0 saturated carbocycles. The Balaban J connectivity index is 1.94. The van der Waals surface area contributed by atoms with E-state index < -0.39 is 0 Å². The molecular formula is C19H22N4O. The van der Waals surface area contributed by atoms with E-state index in [4.69, 9.17) is 0 Å². The maximum Gasteiger partial charge on any atom is 0.326 e. The van der Waals surface area contributed by atoms with Crippen LogP contribution in [0, 0.1) is 0 Å².